The molecule has 0 atom stereocenters. The van der Waals surface area contributed by atoms with Gasteiger partial charge in [-0.3, -0.25) is 0 Å². The lowest BCUT2D eigenvalue weighted by molar-refractivity contribution is 0.559. The van der Waals surface area contributed by atoms with Gasteiger partial charge >= 0.3 is 0 Å². The third kappa shape index (κ3) is 2.55. The summed E-state index contributed by atoms with van der Waals surface area (Å²) in [5, 5.41) is 4.51. The first-order chi connectivity index (χ1) is 8.65. The molecule has 0 aliphatic heterocycles. The number of aryl methyl sites for hydroxylation is 2. The van der Waals surface area contributed by atoms with Crippen LogP contribution in [0, 0.1) is 13.8 Å². The zero-order valence-corrected chi connectivity index (χ0v) is 11.9. The Kier molecular flexibility index (Phi) is 4.00. The molecule has 0 amide bonds. The summed E-state index contributed by atoms with van der Waals surface area (Å²) in [4.78, 5) is 4.64. The Hall–Kier alpha value is -1.38. The van der Waals surface area contributed by atoms with Gasteiger partial charge < -0.3 is 0 Å². The normalized spacial score (nSPS) is 11.6. The maximum atomic E-state index is 4.64. The molecular weight excluding hydrogens is 222 g/mol. The molecule has 0 spiro atoms. The van der Waals surface area contributed by atoms with Crippen LogP contribution in [0.2, 0.25) is 0 Å². The molecule has 0 saturated carbocycles. The Morgan fingerprint density at radius 1 is 1.11 bits per heavy atom. The number of aromatic nitrogens is 3. The lowest BCUT2D eigenvalue weighted by Crippen LogP contribution is -2.05. The molecule has 0 aromatic carbocycles. The molecule has 2 heterocycles. The number of hydrogen-bond acceptors (Lipinski definition) is 2. The second-order valence-electron chi connectivity index (χ2n) is 5.17. The van der Waals surface area contributed by atoms with E-state index in [1.165, 1.54) is 31.2 Å². The van der Waals surface area contributed by atoms with Gasteiger partial charge in [0.2, 0.25) is 0 Å². The molecule has 0 bridgehead atoms. The van der Waals surface area contributed by atoms with Gasteiger partial charge in [-0.15, -0.1) is 0 Å². The standard InChI is InChI=1S/C15H23N3/c1-5-7-13(8-6-2)14-9-11(3)17-18-10-12(4)16-15(14)18/h9-10,13H,5-8H2,1-4H3. The van der Waals surface area contributed by atoms with Crippen molar-refractivity contribution in [2.75, 3.05) is 0 Å². The fourth-order valence-electron chi connectivity index (χ4n) is 2.70. The fraction of sp³-hybridized carbons (Fsp3) is 0.600. The molecule has 0 saturated heterocycles. The highest BCUT2D eigenvalue weighted by atomic mass is 15.2. The molecule has 0 fully saturated rings. The first-order valence-electron chi connectivity index (χ1n) is 6.99. The minimum atomic E-state index is 0.617. The van der Waals surface area contributed by atoms with Crippen molar-refractivity contribution in [1.29, 1.82) is 0 Å². The Balaban J connectivity index is 2.52. The fourth-order valence-corrected chi connectivity index (χ4v) is 2.70. The van der Waals surface area contributed by atoms with Crippen LogP contribution in [0.4, 0.5) is 0 Å². The summed E-state index contributed by atoms with van der Waals surface area (Å²) in [6.45, 7) is 8.60. The highest BCUT2D eigenvalue weighted by molar-refractivity contribution is 5.50. The van der Waals surface area contributed by atoms with Crippen molar-refractivity contribution in [1.82, 2.24) is 14.6 Å². The van der Waals surface area contributed by atoms with Crippen LogP contribution >= 0.6 is 0 Å². The number of rotatable bonds is 5. The molecule has 0 aliphatic rings. The van der Waals surface area contributed by atoms with Gasteiger partial charge in [-0.25, -0.2) is 9.50 Å². The molecule has 98 valence electrons. The highest BCUT2D eigenvalue weighted by Crippen LogP contribution is 2.29. The Morgan fingerprint density at radius 3 is 2.39 bits per heavy atom. The maximum Gasteiger partial charge on any atom is 0.157 e. The Bertz CT molecular complexity index is 522. The van der Waals surface area contributed by atoms with Crippen LogP contribution in [-0.4, -0.2) is 14.6 Å². The van der Waals surface area contributed by atoms with Crippen LogP contribution in [0.5, 0.6) is 0 Å². The molecule has 3 nitrogen and oxygen atoms in total. The van der Waals surface area contributed by atoms with Crippen molar-refractivity contribution < 1.29 is 0 Å². The summed E-state index contributed by atoms with van der Waals surface area (Å²) in [7, 11) is 0. The zero-order valence-electron chi connectivity index (χ0n) is 11.9. The van der Waals surface area contributed by atoms with Crippen LogP contribution < -0.4 is 0 Å². The van der Waals surface area contributed by atoms with E-state index in [-0.39, 0.29) is 0 Å². The van der Waals surface area contributed by atoms with Crippen molar-refractivity contribution in [3.8, 4) is 0 Å². The summed E-state index contributed by atoms with van der Waals surface area (Å²) in [6, 6.07) is 2.22. The molecule has 2 aromatic heterocycles. The predicted molar refractivity (Wildman–Crippen MR) is 75.0 cm³/mol. The average molecular weight is 245 g/mol. The average Bonchev–Trinajstić information content (AvgIpc) is 2.68. The van der Waals surface area contributed by atoms with E-state index in [1.807, 2.05) is 17.6 Å². The highest BCUT2D eigenvalue weighted by Gasteiger charge is 2.16. The van der Waals surface area contributed by atoms with Gasteiger partial charge in [0.1, 0.15) is 0 Å². The number of imidazole rings is 1. The lowest BCUT2D eigenvalue weighted by Gasteiger charge is -2.16. The summed E-state index contributed by atoms with van der Waals surface area (Å²) in [5.41, 5.74) is 4.54. The molecular formula is C15H23N3. The zero-order chi connectivity index (χ0) is 13.1. The first-order valence-corrected chi connectivity index (χ1v) is 6.99. The quantitative estimate of drug-likeness (QED) is 0.796. The van der Waals surface area contributed by atoms with Crippen molar-refractivity contribution in [3.05, 3.63) is 29.2 Å². The molecule has 2 aromatic rings. The number of nitrogens with zero attached hydrogens (tertiary/aromatic N) is 3. The second kappa shape index (κ2) is 5.51. The number of hydrogen-bond donors (Lipinski definition) is 0. The third-order valence-corrected chi connectivity index (χ3v) is 3.41. The summed E-state index contributed by atoms with van der Waals surface area (Å²) in [6.07, 6.45) is 6.92. The largest absolute Gasteiger partial charge is 0.232 e. The molecule has 2 rings (SSSR count). The molecule has 0 unspecified atom stereocenters. The maximum absolute atomic E-state index is 4.64. The first kappa shape index (κ1) is 13.1. The van der Waals surface area contributed by atoms with Crippen LogP contribution in [-0.2, 0) is 0 Å². The smallest absolute Gasteiger partial charge is 0.157 e. The van der Waals surface area contributed by atoms with Crippen LogP contribution in [0.3, 0.4) is 0 Å². The van der Waals surface area contributed by atoms with E-state index < -0.39 is 0 Å². The van der Waals surface area contributed by atoms with Gasteiger partial charge in [0.15, 0.2) is 5.65 Å². The van der Waals surface area contributed by atoms with E-state index in [0.29, 0.717) is 5.92 Å². The lowest BCUT2D eigenvalue weighted by atomic mass is 9.91. The molecule has 0 N–H and O–H groups in total. The molecule has 0 aliphatic carbocycles. The monoisotopic (exact) mass is 245 g/mol. The van der Waals surface area contributed by atoms with E-state index in [9.17, 15) is 0 Å². The van der Waals surface area contributed by atoms with E-state index in [4.69, 9.17) is 0 Å². The molecule has 18 heavy (non-hydrogen) atoms. The summed E-state index contributed by atoms with van der Waals surface area (Å²) >= 11 is 0. The topological polar surface area (TPSA) is 30.2 Å². The van der Waals surface area contributed by atoms with Gasteiger partial charge in [0.05, 0.1) is 17.6 Å². The summed E-state index contributed by atoms with van der Waals surface area (Å²) in [5.74, 6) is 0.617. The van der Waals surface area contributed by atoms with Gasteiger partial charge in [0, 0.05) is 5.56 Å². The van der Waals surface area contributed by atoms with E-state index in [2.05, 4.69) is 36.9 Å². The van der Waals surface area contributed by atoms with Gasteiger partial charge in [0.25, 0.3) is 0 Å². The minimum absolute atomic E-state index is 0.617. The SMILES string of the molecule is CCCC(CCC)c1cc(C)nn2cc(C)nc12. The third-order valence-electron chi connectivity index (χ3n) is 3.41. The van der Waals surface area contributed by atoms with Gasteiger partial charge in [-0.2, -0.15) is 5.10 Å². The van der Waals surface area contributed by atoms with Crippen LogP contribution in [0.15, 0.2) is 12.3 Å². The van der Waals surface area contributed by atoms with E-state index >= 15 is 0 Å². The Morgan fingerprint density at radius 2 is 1.78 bits per heavy atom. The minimum Gasteiger partial charge on any atom is -0.232 e. The number of fused-ring (bicyclic) bond motifs is 1. The van der Waals surface area contributed by atoms with Crippen molar-refractivity contribution in [3.63, 3.8) is 0 Å². The molecule has 3 heteroatoms. The van der Waals surface area contributed by atoms with Crippen molar-refractivity contribution in [2.24, 2.45) is 0 Å². The second-order valence-corrected chi connectivity index (χ2v) is 5.17. The van der Waals surface area contributed by atoms with Crippen molar-refractivity contribution in [2.45, 2.75) is 59.3 Å². The molecule has 0 radical (unpaired) electrons. The van der Waals surface area contributed by atoms with Crippen LogP contribution in [0.1, 0.15) is 62.4 Å². The van der Waals surface area contributed by atoms with Crippen molar-refractivity contribution >= 4 is 5.65 Å². The van der Waals surface area contributed by atoms with Crippen LogP contribution in [0.25, 0.3) is 5.65 Å². The van der Waals surface area contributed by atoms with Gasteiger partial charge in [-0.1, -0.05) is 26.7 Å². The summed E-state index contributed by atoms with van der Waals surface area (Å²) < 4.78 is 1.94. The van der Waals surface area contributed by atoms with Gasteiger partial charge in [-0.05, 0) is 38.7 Å². The predicted octanol–water partition coefficient (Wildman–Crippen LogP) is 4.03. The van der Waals surface area contributed by atoms with E-state index in [1.54, 1.807) is 0 Å². The Labute approximate surface area is 109 Å². The van der Waals surface area contributed by atoms with E-state index in [0.717, 1.165) is 17.0 Å².